The summed E-state index contributed by atoms with van der Waals surface area (Å²) in [4.78, 5) is 12.2. The van der Waals surface area contributed by atoms with Gasteiger partial charge in [-0.1, -0.05) is 124 Å². The number of hydrogen-bond donors (Lipinski definition) is 1. The summed E-state index contributed by atoms with van der Waals surface area (Å²) in [6.45, 7) is 6.69. The van der Waals surface area contributed by atoms with Crippen LogP contribution >= 0.6 is 0 Å². The number of carbonyl (C=O) groups is 1. The van der Waals surface area contributed by atoms with Crippen molar-refractivity contribution >= 4 is 5.91 Å². The van der Waals surface area contributed by atoms with Gasteiger partial charge in [0.1, 0.15) is 0 Å². The molecule has 0 saturated heterocycles. The number of carbonyl (C=O) groups excluding carboxylic acids is 1. The fourth-order valence-corrected chi connectivity index (χ4v) is 4.08. The molecule has 0 atom stereocenters. The van der Waals surface area contributed by atoms with E-state index in [9.17, 15) is 4.79 Å². The molecule has 0 aromatic heterocycles. The van der Waals surface area contributed by atoms with Crippen LogP contribution in [0.5, 0.6) is 0 Å². The smallest absolute Gasteiger partial charge is 0.223 e. The molecule has 0 aliphatic rings. The molecule has 156 valence electrons. The largest absolute Gasteiger partial charge is 0.369 e. The van der Waals surface area contributed by atoms with Crippen molar-refractivity contribution in [2.24, 2.45) is 11.1 Å². The van der Waals surface area contributed by atoms with Gasteiger partial charge in [-0.05, 0) is 19.3 Å². The molecule has 0 aliphatic carbocycles. The average molecular weight is 368 g/mol. The predicted molar refractivity (Wildman–Crippen MR) is 116 cm³/mol. The molecule has 0 spiro atoms. The van der Waals surface area contributed by atoms with Crippen LogP contribution in [-0.4, -0.2) is 5.91 Å². The second-order valence-electron chi connectivity index (χ2n) is 8.49. The number of hydrogen-bond acceptors (Lipinski definition) is 1. The zero-order valence-corrected chi connectivity index (χ0v) is 18.4. The molecule has 0 saturated carbocycles. The van der Waals surface area contributed by atoms with Crippen LogP contribution in [-0.2, 0) is 4.79 Å². The van der Waals surface area contributed by atoms with Gasteiger partial charge in [-0.3, -0.25) is 4.79 Å². The Bertz CT molecular complexity index is 305. The molecule has 0 aromatic rings. The lowest BCUT2D eigenvalue weighted by Gasteiger charge is -2.31. The second kappa shape index (κ2) is 17.9. The fraction of sp³-hybridized carbons (Fsp3) is 0.958. The van der Waals surface area contributed by atoms with Crippen molar-refractivity contribution in [3.63, 3.8) is 0 Å². The number of rotatable bonds is 20. The van der Waals surface area contributed by atoms with Crippen LogP contribution in [0.15, 0.2) is 0 Å². The van der Waals surface area contributed by atoms with Gasteiger partial charge in [-0.2, -0.15) is 0 Å². The molecular weight excluding hydrogens is 318 g/mol. The van der Waals surface area contributed by atoms with Crippen LogP contribution in [0.4, 0.5) is 0 Å². The molecule has 0 radical (unpaired) electrons. The maximum absolute atomic E-state index is 12.2. The minimum atomic E-state index is -0.218. The third kappa shape index (κ3) is 12.8. The van der Waals surface area contributed by atoms with E-state index in [2.05, 4.69) is 20.8 Å². The van der Waals surface area contributed by atoms with Crippen LogP contribution < -0.4 is 5.73 Å². The Morgan fingerprint density at radius 2 is 0.846 bits per heavy atom. The fourth-order valence-electron chi connectivity index (χ4n) is 4.08. The minimum Gasteiger partial charge on any atom is -0.369 e. The first kappa shape index (κ1) is 25.5. The quantitative estimate of drug-likeness (QED) is 0.218. The molecule has 2 N–H and O–H groups in total. The SMILES string of the molecule is CCCCCCCCCCCCCCC(CCCC)(CCCC)C(N)=O. The molecule has 1 amide bonds. The van der Waals surface area contributed by atoms with Crippen molar-refractivity contribution in [1.29, 1.82) is 0 Å². The predicted octanol–water partition coefficient (Wildman–Crippen LogP) is 7.93. The third-order valence-electron chi connectivity index (χ3n) is 6.05. The van der Waals surface area contributed by atoms with E-state index in [1.165, 1.54) is 77.0 Å². The normalized spacial score (nSPS) is 11.8. The van der Waals surface area contributed by atoms with Crippen LogP contribution in [0.3, 0.4) is 0 Å². The van der Waals surface area contributed by atoms with Gasteiger partial charge in [-0.15, -0.1) is 0 Å². The molecule has 0 unspecified atom stereocenters. The third-order valence-corrected chi connectivity index (χ3v) is 6.05. The Morgan fingerprint density at radius 1 is 0.538 bits per heavy atom. The van der Waals surface area contributed by atoms with E-state index >= 15 is 0 Å². The van der Waals surface area contributed by atoms with Gasteiger partial charge in [0, 0.05) is 5.41 Å². The molecule has 2 nitrogen and oxygen atoms in total. The van der Waals surface area contributed by atoms with Crippen molar-refractivity contribution in [2.45, 2.75) is 143 Å². The van der Waals surface area contributed by atoms with Crippen molar-refractivity contribution in [3.05, 3.63) is 0 Å². The molecule has 0 aliphatic heterocycles. The summed E-state index contributed by atoms with van der Waals surface area (Å²) in [5.41, 5.74) is 5.64. The summed E-state index contributed by atoms with van der Waals surface area (Å²) >= 11 is 0. The standard InChI is InChI=1S/C24H49NO/c1-4-7-10-11-12-13-14-15-16-17-18-19-22-24(23(25)26,20-8-5-2)21-9-6-3/h4-22H2,1-3H3,(H2,25,26). The van der Waals surface area contributed by atoms with E-state index in [-0.39, 0.29) is 11.3 Å². The highest BCUT2D eigenvalue weighted by atomic mass is 16.1. The lowest BCUT2D eigenvalue weighted by molar-refractivity contribution is -0.129. The average Bonchev–Trinajstić information content (AvgIpc) is 2.64. The van der Waals surface area contributed by atoms with E-state index in [0.717, 1.165) is 44.9 Å². The summed E-state index contributed by atoms with van der Waals surface area (Å²) in [6.07, 6.45) is 23.9. The number of nitrogens with two attached hydrogens (primary N) is 1. The van der Waals surface area contributed by atoms with Crippen molar-refractivity contribution in [2.75, 3.05) is 0 Å². The Morgan fingerprint density at radius 3 is 1.19 bits per heavy atom. The number of unbranched alkanes of at least 4 members (excludes halogenated alkanes) is 13. The lowest BCUT2D eigenvalue weighted by Crippen LogP contribution is -2.37. The van der Waals surface area contributed by atoms with Crippen LogP contribution in [0.1, 0.15) is 143 Å². The number of primary amides is 1. The first-order valence-electron chi connectivity index (χ1n) is 11.9. The van der Waals surface area contributed by atoms with Crippen LogP contribution in [0.25, 0.3) is 0 Å². The molecule has 0 heterocycles. The highest BCUT2D eigenvalue weighted by Gasteiger charge is 2.34. The van der Waals surface area contributed by atoms with E-state index < -0.39 is 0 Å². The summed E-state index contributed by atoms with van der Waals surface area (Å²) < 4.78 is 0. The molecule has 0 aromatic carbocycles. The van der Waals surface area contributed by atoms with Crippen molar-refractivity contribution < 1.29 is 4.79 Å². The molecule has 0 bridgehead atoms. The summed E-state index contributed by atoms with van der Waals surface area (Å²) in [6, 6.07) is 0. The molecule has 2 heteroatoms. The highest BCUT2D eigenvalue weighted by molar-refractivity contribution is 5.80. The molecule has 0 fully saturated rings. The zero-order chi connectivity index (χ0) is 19.5. The van der Waals surface area contributed by atoms with Crippen LogP contribution in [0, 0.1) is 5.41 Å². The minimum absolute atomic E-state index is 0.0394. The maximum Gasteiger partial charge on any atom is 0.223 e. The van der Waals surface area contributed by atoms with Gasteiger partial charge >= 0.3 is 0 Å². The Hall–Kier alpha value is -0.530. The molecule has 0 rings (SSSR count). The molecule has 26 heavy (non-hydrogen) atoms. The van der Waals surface area contributed by atoms with Gasteiger partial charge in [0.2, 0.25) is 5.91 Å². The Labute approximate surface area is 165 Å². The van der Waals surface area contributed by atoms with Gasteiger partial charge < -0.3 is 5.73 Å². The lowest BCUT2D eigenvalue weighted by atomic mass is 9.73. The Kier molecular flexibility index (Phi) is 17.5. The first-order chi connectivity index (χ1) is 12.6. The van der Waals surface area contributed by atoms with Gasteiger partial charge in [0.05, 0.1) is 0 Å². The van der Waals surface area contributed by atoms with Crippen molar-refractivity contribution in [1.82, 2.24) is 0 Å². The monoisotopic (exact) mass is 367 g/mol. The van der Waals surface area contributed by atoms with E-state index in [1.807, 2.05) is 0 Å². The van der Waals surface area contributed by atoms with Gasteiger partial charge in [0.15, 0.2) is 0 Å². The van der Waals surface area contributed by atoms with Gasteiger partial charge in [-0.25, -0.2) is 0 Å². The van der Waals surface area contributed by atoms with E-state index in [4.69, 9.17) is 5.73 Å². The Balaban J connectivity index is 3.85. The topological polar surface area (TPSA) is 43.1 Å². The first-order valence-corrected chi connectivity index (χ1v) is 11.9. The van der Waals surface area contributed by atoms with E-state index in [1.54, 1.807) is 0 Å². The van der Waals surface area contributed by atoms with Crippen LogP contribution in [0.2, 0.25) is 0 Å². The van der Waals surface area contributed by atoms with Crippen molar-refractivity contribution in [3.8, 4) is 0 Å². The summed E-state index contributed by atoms with van der Waals surface area (Å²) in [5, 5.41) is 0. The highest BCUT2D eigenvalue weighted by Crippen LogP contribution is 2.36. The van der Waals surface area contributed by atoms with E-state index in [0.29, 0.717) is 0 Å². The summed E-state index contributed by atoms with van der Waals surface area (Å²) in [5.74, 6) is -0.0394. The molecular formula is C24H49NO. The number of amides is 1. The summed E-state index contributed by atoms with van der Waals surface area (Å²) in [7, 11) is 0. The second-order valence-corrected chi connectivity index (χ2v) is 8.49. The maximum atomic E-state index is 12.2. The van der Waals surface area contributed by atoms with Gasteiger partial charge in [0.25, 0.3) is 0 Å². The zero-order valence-electron chi connectivity index (χ0n) is 18.4.